The van der Waals surface area contributed by atoms with E-state index >= 15 is 0 Å². The van der Waals surface area contributed by atoms with Crippen molar-refractivity contribution in [1.82, 2.24) is 0 Å². The van der Waals surface area contributed by atoms with Crippen LogP contribution in [0.1, 0.15) is 4.88 Å². The Morgan fingerprint density at radius 2 is 1.71 bits per heavy atom. The van der Waals surface area contributed by atoms with E-state index in [2.05, 4.69) is 42.6 Å². The topological polar surface area (TPSA) is 0 Å². The van der Waals surface area contributed by atoms with Crippen LogP contribution in [0, 0.1) is 6.92 Å². The first-order valence-corrected chi connectivity index (χ1v) is 6.18. The molecule has 0 aliphatic rings. The summed E-state index contributed by atoms with van der Waals surface area (Å²) in [4.78, 5) is 1.38. The Balaban J connectivity index is 0.000000205. The molecule has 0 aliphatic carbocycles. The van der Waals surface area contributed by atoms with Gasteiger partial charge in [0.05, 0.1) is 0 Å². The van der Waals surface area contributed by atoms with Gasteiger partial charge in [-0.15, -0.1) is 23.8 Å². The maximum atomic E-state index is 2.22. The molecule has 0 N–H and O–H groups in total. The zero-order valence-corrected chi connectivity index (χ0v) is 11.5. The molecule has 1 heterocycles. The average molecular weight is 282 g/mol. The zero-order chi connectivity index (χ0) is 11.2. The fourth-order valence-corrected chi connectivity index (χ4v) is 2.19. The van der Waals surface area contributed by atoms with E-state index in [1.807, 2.05) is 30.3 Å². The Hall–Kier alpha value is -1.08. The van der Waals surface area contributed by atoms with Crippen LogP contribution < -0.4 is 0 Å². The molecule has 88 valence electrons. The molecule has 0 spiro atoms. The summed E-state index contributed by atoms with van der Waals surface area (Å²) in [6.07, 6.45) is 0. The van der Waals surface area contributed by atoms with E-state index in [9.17, 15) is 0 Å². The van der Waals surface area contributed by atoms with E-state index in [4.69, 9.17) is 0 Å². The van der Waals surface area contributed by atoms with Crippen molar-refractivity contribution in [1.29, 1.82) is 0 Å². The molecule has 2 heteroatoms. The summed E-state index contributed by atoms with van der Waals surface area (Å²) < 4.78 is 0. The van der Waals surface area contributed by atoms with Gasteiger partial charge in [-0.05, 0) is 11.8 Å². The number of hydrogen-bond acceptors (Lipinski definition) is 1. The molecule has 0 atom stereocenters. The Morgan fingerprint density at radius 1 is 1.06 bits per heavy atom. The van der Waals surface area contributed by atoms with Crippen molar-refractivity contribution in [3.05, 3.63) is 70.9 Å². The van der Waals surface area contributed by atoms with Crippen molar-refractivity contribution in [2.75, 3.05) is 0 Å². The number of hydrogen-bond donors (Lipinski definition) is 0. The summed E-state index contributed by atoms with van der Waals surface area (Å²) in [6.45, 7) is 2.14. The van der Waals surface area contributed by atoms with Crippen LogP contribution >= 0.6 is 11.3 Å². The normalized spacial score (nSPS) is 9.00. The van der Waals surface area contributed by atoms with Crippen LogP contribution in [0.15, 0.2) is 66.0 Å². The van der Waals surface area contributed by atoms with Gasteiger partial charge in [0.1, 0.15) is 0 Å². The standard InChI is InChI=1S/C10H9S.C5H5.Fe/c1-8-6-10(7-11-8)9-4-2-3-5-9;1-2-4-5-3-1;/h2-7H,1H3;1-5H;/q2*-1;+2. The van der Waals surface area contributed by atoms with Crippen molar-refractivity contribution >= 4 is 11.3 Å². The molecule has 0 nitrogen and oxygen atoms in total. The molecule has 0 saturated carbocycles. The second-order valence-corrected chi connectivity index (χ2v) is 4.70. The second kappa shape index (κ2) is 7.29. The monoisotopic (exact) mass is 282 g/mol. The van der Waals surface area contributed by atoms with Gasteiger partial charge in [0.25, 0.3) is 0 Å². The van der Waals surface area contributed by atoms with Gasteiger partial charge in [-0.3, -0.25) is 0 Å². The Kier molecular flexibility index (Phi) is 5.99. The van der Waals surface area contributed by atoms with Crippen molar-refractivity contribution < 1.29 is 17.1 Å². The fourth-order valence-electron chi connectivity index (χ4n) is 1.48. The smallest absolute Gasteiger partial charge is 0.214 e. The minimum Gasteiger partial charge on any atom is -0.214 e. The summed E-state index contributed by atoms with van der Waals surface area (Å²) >= 11 is 1.80. The van der Waals surface area contributed by atoms with Gasteiger partial charge in [-0.1, -0.05) is 10.9 Å². The summed E-state index contributed by atoms with van der Waals surface area (Å²) in [5.41, 5.74) is 2.67. The van der Waals surface area contributed by atoms with E-state index in [0.717, 1.165) is 0 Å². The molecule has 1 aromatic heterocycles. The van der Waals surface area contributed by atoms with E-state index in [1.54, 1.807) is 11.3 Å². The largest absolute Gasteiger partial charge is 2.00 e. The molecule has 0 aliphatic heterocycles. The van der Waals surface area contributed by atoms with E-state index < -0.39 is 0 Å². The van der Waals surface area contributed by atoms with Crippen molar-refractivity contribution in [3.8, 4) is 11.1 Å². The minimum absolute atomic E-state index is 0. The van der Waals surface area contributed by atoms with Crippen LogP contribution in [-0.2, 0) is 17.1 Å². The molecular weight excluding hydrogens is 268 g/mol. The summed E-state index contributed by atoms with van der Waals surface area (Å²) in [6, 6.07) is 20.6. The zero-order valence-electron chi connectivity index (χ0n) is 9.61. The third-order valence-electron chi connectivity index (χ3n) is 2.28. The van der Waals surface area contributed by atoms with E-state index in [1.165, 1.54) is 16.0 Å². The van der Waals surface area contributed by atoms with E-state index in [0.29, 0.717) is 0 Å². The van der Waals surface area contributed by atoms with E-state index in [-0.39, 0.29) is 17.1 Å². The van der Waals surface area contributed by atoms with Gasteiger partial charge in [0.2, 0.25) is 0 Å². The predicted molar refractivity (Wildman–Crippen MR) is 72.1 cm³/mol. The van der Waals surface area contributed by atoms with Crippen LogP contribution in [0.3, 0.4) is 0 Å². The van der Waals surface area contributed by atoms with Crippen molar-refractivity contribution in [2.45, 2.75) is 6.92 Å². The van der Waals surface area contributed by atoms with Gasteiger partial charge in [0, 0.05) is 0 Å². The minimum atomic E-state index is 0. The first-order valence-electron chi connectivity index (χ1n) is 5.30. The van der Waals surface area contributed by atoms with Crippen molar-refractivity contribution in [2.24, 2.45) is 0 Å². The molecule has 3 aromatic rings. The molecule has 0 saturated heterocycles. The molecule has 0 fully saturated rings. The second-order valence-electron chi connectivity index (χ2n) is 3.58. The molecule has 0 unspecified atom stereocenters. The summed E-state index contributed by atoms with van der Waals surface area (Å²) in [5.74, 6) is 0. The molecule has 0 radical (unpaired) electrons. The number of thiophene rings is 1. The maximum Gasteiger partial charge on any atom is 2.00 e. The predicted octanol–water partition coefficient (Wildman–Crippen LogP) is 4.85. The van der Waals surface area contributed by atoms with Crippen LogP contribution in [0.5, 0.6) is 0 Å². The quantitative estimate of drug-likeness (QED) is 0.442. The molecule has 0 bridgehead atoms. The first-order chi connectivity index (χ1) is 7.86. The van der Waals surface area contributed by atoms with Crippen LogP contribution in [-0.4, -0.2) is 0 Å². The third-order valence-corrected chi connectivity index (χ3v) is 3.14. The maximum absolute atomic E-state index is 2.22. The molecule has 17 heavy (non-hydrogen) atoms. The molecular formula is C15H14FeS. The van der Waals surface area contributed by atoms with Crippen LogP contribution in [0.2, 0.25) is 0 Å². The van der Waals surface area contributed by atoms with Crippen LogP contribution in [0.25, 0.3) is 11.1 Å². The number of aryl methyl sites for hydroxylation is 1. The van der Waals surface area contributed by atoms with Gasteiger partial charge in [0.15, 0.2) is 0 Å². The first kappa shape index (κ1) is 14.0. The average Bonchev–Trinajstić information content (AvgIpc) is 3.03. The Bertz CT molecular complexity index is 472. The summed E-state index contributed by atoms with van der Waals surface area (Å²) in [7, 11) is 0. The Morgan fingerprint density at radius 3 is 2.12 bits per heavy atom. The SMILES string of the molecule is Cc1cc(-[c-]2cccc2)cs1.[Fe+2].c1cc[cH-]c1. The van der Waals surface area contributed by atoms with Gasteiger partial charge < -0.3 is 0 Å². The molecule has 2 aromatic carbocycles. The molecule has 3 rings (SSSR count). The van der Waals surface area contributed by atoms with Crippen molar-refractivity contribution in [3.63, 3.8) is 0 Å². The van der Waals surface area contributed by atoms with Gasteiger partial charge in [-0.2, -0.15) is 41.7 Å². The third kappa shape index (κ3) is 4.35. The number of rotatable bonds is 1. The molecule has 0 amide bonds. The Labute approximate surface area is 117 Å². The summed E-state index contributed by atoms with van der Waals surface area (Å²) in [5, 5.41) is 2.20. The van der Waals surface area contributed by atoms with Gasteiger partial charge >= 0.3 is 17.1 Å². The fraction of sp³-hybridized carbons (Fsp3) is 0.0667. The van der Waals surface area contributed by atoms with Crippen LogP contribution in [0.4, 0.5) is 0 Å². The van der Waals surface area contributed by atoms with Gasteiger partial charge in [-0.25, -0.2) is 12.1 Å².